The Morgan fingerprint density at radius 2 is 2.00 bits per heavy atom. The van der Waals surface area contributed by atoms with Crippen molar-refractivity contribution in [2.75, 3.05) is 6.61 Å². The third-order valence-corrected chi connectivity index (χ3v) is 5.80. The maximum atomic E-state index is 12.2. The number of benzene rings is 1. The molecule has 1 aromatic carbocycles. The molecule has 1 aliphatic heterocycles. The second-order valence-electron chi connectivity index (χ2n) is 6.47. The molecule has 1 fully saturated rings. The lowest BCUT2D eigenvalue weighted by atomic mass is 10.0. The maximum absolute atomic E-state index is 12.2. The van der Waals surface area contributed by atoms with Gasteiger partial charge in [-0.2, -0.15) is 8.42 Å². The molecule has 0 unspecified atom stereocenters. The molecule has 3 rings (SSSR count). The van der Waals surface area contributed by atoms with Crippen LogP contribution in [0.15, 0.2) is 29.6 Å². The molecule has 1 aromatic heterocycles. The number of hydrogen-bond acceptors (Lipinski definition) is 11. The number of nitrogens with one attached hydrogen (secondary N) is 1. The van der Waals surface area contributed by atoms with Gasteiger partial charge in [0.25, 0.3) is 0 Å². The third kappa shape index (κ3) is 5.04. The summed E-state index contributed by atoms with van der Waals surface area (Å²) < 4.78 is 40.1. The molecule has 0 amide bonds. The first-order chi connectivity index (χ1) is 14.1. The Kier molecular flexibility index (Phi) is 6.88. The molecule has 5 atom stereocenters. The zero-order chi connectivity index (χ0) is 22.1. The van der Waals surface area contributed by atoms with Crippen molar-refractivity contribution in [3.8, 4) is 5.75 Å². The zero-order valence-electron chi connectivity index (χ0n) is 15.2. The molecule has 1 saturated heterocycles. The van der Waals surface area contributed by atoms with E-state index in [2.05, 4.69) is 14.4 Å². The van der Waals surface area contributed by atoms with Gasteiger partial charge in [0.05, 0.1) is 6.61 Å². The molecular formula is C16H19N2O10S2-. The van der Waals surface area contributed by atoms with Gasteiger partial charge in [-0.3, -0.25) is 4.55 Å². The number of nitrogens with zero attached hydrogens (tertiary/aromatic N) is 1. The van der Waals surface area contributed by atoms with E-state index in [4.69, 9.17) is 9.29 Å². The molecular weight excluding hydrogens is 444 g/mol. The van der Waals surface area contributed by atoms with Crippen LogP contribution in [-0.2, 0) is 25.8 Å². The highest BCUT2D eigenvalue weighted by molar-refractivity contribution is 8.14. The van der Waals surface area contributed by atoms with Crippen molar-refractivity contribution in [1.82, 2.24) is 4.98 Å². The molecule has 12 nitrogen and oxygen atoms in total. The van der Waals surface area contributed by atoms with Crippen molar-refractivity contribution < 1.29 is 47.5 Å². The minimum Gasteiger partial charge on any atom is -0.872 e. The Morgan fingerprint density at radius 1 is 1.27 bits per heavy atom. The quantitative estimate of drug-likeness (QED) is 0.125. The average molecular weight is 463 g/mol. The van der Waals surface area contributed by atoms with Gasteiger partial charge in [0.2, 0.25) is 0 Å². The van der Waals surface area contributed by atoms with E-state index in [0.717, 1.165) is 0 Å². The largest absolute Gasteiger partial charge is 0.872 e. The van der Waals surface area contributed by atoms with Crippen molar-refractivity contribution in [1.29, 1.82) is 0 Å². The fraction of sp³-hybridized carbons (Fsp3) is 0.438. The lowest BCUT2D eigenvalue weighted by molar-refractivity contribution is -0.265. The molecule has 14 heteroatoms. The number of thioether (sulfide) groups is 1. The van der Waals surface area contributed by atoms with Crippen molar-refractivity contribution in [2.24, 2.45) is 5.16 Å². The predicted octanol–water partition coefficient (Wildman–Crippen LogP) is -1.55. The van der Waals surface area contributed by atoms with Crippen LogP contribution in [-0.4, -0.2) is 79.9 Å². The van der Waals surface area contributed by atoms with E-state index in [-0.39, 0.29) is 17.2 Å². The van der Waals surface area contributed by atoms with Crippen LogP contribution in [0.5, 0.6) is 5.75 Å². The summed E-state index contributed by atoms with van der Waals surface area (Å²) in [7, 11) is -4.94. The van der Waals surface area contributed by atoms with Gasteiger partial charge in [-0.25, -0.2) is 4.28 Å². The summed E-state index contributed by atoms with van der Waals surface area (Å²) in [5.74, 6) is -0.295. The molecule has 1 aliphatic rings. The van der Waals surface area contributed by atoms with Gasteiger partial charge >= 0.3 is 10.4 Å². The summed E-state index contributed by atoms with van der Waals surface area (Å²) >= 11 is 0.631. The van der Waals surface area contributed by atoms with Crippen LogP contribution in [0.4, 0.5) is 0 Å². The summed E-state index contributed by atoms with van der Waals surface area (Å²) in [5, 5.41) is 55.0. The maximum Gasteiger partial charge on any atom is 0.466 e. The molecule has 2 aromatic rings. The van der Waals surface area contributed by atoms with E-state index in [9.17, 15) is 34.0 Å². The molecule has 0 bridgehead atoms. The summed E-state index contributed by atoms with van der Waals surface area (Å²) in [6.45, 7) is -0.655. The standard InChI is InChI=1S/C16H20N2O10S2/c19-6-10-13(21)14(22)15(23)16(27-10)29-11(18-28-30(24,25)26)4-7-5-17-8-2-1-3-9(20)12(7)8/h1-3,5,10,13-17,19-23H,4,6H2,(H,24,25,26)/p-1/b18-11-/t10-,13-,14+,15-,16+/m1/s1. The summed E-state index contributed by atoms with van der Waals surface area (Å²) in [6, 6.07) is 4.57. The summed E-state index contributed by atoms with van der Waals surface area (Å²) in [5.41, 5.74) is -0.322. The first-order valence-electron chi connectivity index (χ1n) is 8.56. The van der Waals surface area contributed by atoms with Gasteiger partial charge < -0.3 is 35.3 Å². The highest BCUT2D eigenvalue weighted by atomic mass is 32.3. The normalized spacial score (nSPS) is 28.0. The molecule has 0 spiro atoms. The molecule has 30 heavy (non-hydrogen) atoms. The van der Waals surface area contributed by atoms with Crippen molar-refractivity contribution in [3.05, 3.63) is 30.0 Å². The molecule has 0 aliphatic carbocycles. The number of aliphatic hydroxyl groups excluding tert-OH is 4. The van der Waals surface area contributed by atoms with Crippen LogP contribution in [0, 0.1) is 0 Å². The first-order valence-corrected chi connectivity index (χ1v) is 10.8. The van der Waals surface area contributed by atoms with Crippen molar-refractivity contribution in [3.63, 3.8) is 0 Å². The number of oxime groups is 1. The Balaban J connectivity index is 1.89. The Labute approximate surface area is 174 Å². The van der Waals surface area contributed by atoms with Gasteiger partial charge in [0.15, 0.2) is 0 Å². The lowest BCUT2D eigenvalue weighted by Gasteiger charge is -2.39. The fourth-order valence-corrected chi connectivity index (χ4v) is 4.32. The topological polar surface area (TPSA) is 205 Å². The predicted molar refractivity (Wildman–Crippen MR) is 103 cm³/mol. The van der Waals surface area contributed by atoms with E-state index in [1.165, 1.54) is 12.3 Å². The van der Waals surface area contributed by atoms with Gasteiger partial charge in [-0.1, -0.05) is 34.8 Å². The van der Waals surface area contributed by atoms with E-state index in [0.29, 0.717) is 28.2 Å². The molecule has 6 N–H and O–H groups in total. The van der Waals surface area contributed by atoms with Gasteiger partial charge in [-0.05, 0) is 17.0 Å². The van der Waals surface area contributed by atoms with Crippen molar-refractivity contribution >= 4 is 38.1 Å². The average Bonchev–Trinajstić information content (AvgIpc) is 3.10. The van der Waals surface area contributed by atoms with E-state index < -0.39 is 46.9 Å². The van der Waals surface area contributed by atoms with Crippen LogP contribution in [0.25, 0.3) is 10.9 Å². The van der Waals surface area contributed by atoms with Crippen molar-refractivity contribution in [2.45, 2.75) is 36.3 Å². The molecule has 0 radical (unpaired) electrons. The number of aromatic amines is 1. The first kappa shape index (κ1) is 22.8. The zero-order valence-corrected chi connectivity index (χ0v) is 16.8. The fourth-order valence-electron chi connectivity index (χ4n) is 3.00. The highest BCUT2D eigenvalue weighted by Gasteiger charge is 2.44. The third-order valence-electron chi connectivity index (χ3n) is 4.42. The van der Waals surface area contributed by atoms with Gasteiger partial charge in [-0.15, -0.1) is 0 Å². The lowest BCUT2D eigenvalue weighted by Crippen LogP contribution is -2.57. The van der Waals surface area contributed by atoms with E-state index in [1.807, 2.05) is 0 Å². The Morgan fingerprint density at radius 3 is 2.67 bits per heavy atom. The van der Waals surface area contributed by atoms with Gasteiger partial charge in [0.1, 0.15) is 34.9 Å². The van der Waals surface area contributed by atoms with Crippen LogP contribution < -0.4 is 5.11 Å². The minimum atomic E-state index is -4.94. The number of H-pyrrole nitrogens is 1. The van der Waals surface area contributed by atoms with E-state index in [1.54, 1.807) is 12.1 Å². The molecule has 2 heterocycles. The number of ether oxygens (including phenoxy) is 1. The van der Waals surface area contributed by atoms with E-state index >= 15 is 0 Å². The number of hydrogen-bond donors (Lipinski definition) is 6. The Hall–Kier alpha value is -1.91. The summed E-state index contributed by atoms with van der Waals surface area (Å²) in [6.07, 6.45) is -4.70. The molecule has 166 valence electrons. The number of fused-ring (bicyclic) bond motifs is 1. The second kappa shape index (κ2) is 9.07. The summed E-state index contributed by atoms with van der Waals surface area (Å²) in [4.78, 5) is 2.89. The van der Waals surface area contributed by atoms with Crippen LogP contribution in [0.3, 0.4) is 0 Å². The number of aromatic nitrogens is 1. The SMILES string of the molecule is O=S(=O)(O)O/N=C(/Cc1c[nH]c2cccc([O-])c12)S[C@@H]1O[C@H](CO)[C@@H](O)[C@H](O)[C@H]1O. The monoisotopic (exact) mass is 463 g/mol. The minimum absolute atomic E-state index is 0.138. The van der Waals surface area contributed by atoms with Crippen LogP contribution in [0.1, 0.15) is 5.56 Å². The Bertz CT molecular complexity index is 1020. The number of aliphatic hydroxyl groups is 4. The second-order valence-corrected chi connectivity index (χ2v) is 8.65. The molecule has 0 saturated carbocycles. The van der Waals surface area contributed by atoms with Crippen LogP contribution >= 0.6 is 11.8 Å². The highest BCUT2D eigenvalue weighted by Crippen LogP contribution is 2.32. The smallest absolute Gasteiger partial charge is 0.466 e. The van der Waals surface area contributed by atoms with Gasteiger partial charge in [0, 0.05) is 18.1 Å². The van der Waals surface area contributed by atoms with Crippen LogP contribution in [0.2, 0.25) is 0 Å². The number of rotatable bonds is 6.